The summed E-state index contributed by atoms with van der Waals surface area (Å²) < 4.78 is 14.1. The average molecular weight is 345 g/mol. The lowest BCUT2D eigenvalue weighted by Gasteiger charge is -2.18. The van der Waals surface area contributed by atoms with Gasteiger partial charge in [-0.25, -0.2) is 4.39 Å². The van der Waals surface area contributed by atoms with E-state index in [1.54, 1.807) is 6.07 Å². The fourth-order valence-electron chi connectivity index (χ4n) is 1.79. The first-order chi connectivity index (χ1) is 8.97. The Morgan fingerprint density at radius 1 is 1.26 bits per heavy atom. The molecule has 0 aliphatic carbocycles. The van der Waals surface area contributed by atoms with Crippen LogP contribution in [0.25, 0.3) is 0 Å². The SMILES string of the molecule is CC(Nc1cc(Br)ccc1Cl)c1cc(F)ccc1O. The zero-order valence-corrected chi connectivity index (χ0v) is 12.5. The van der Waals surface area contributed by atoms with Gasteiger partial charge in [-0.2, -0.15) is 0 Å². The van der Waals surface area contributed by atoms with E-state index in [9.17, 15) is 9.50 Å². The van der Waals surface area contributed by atoms with Gasteiger partial charge in [0.05, 0.1) is 16.8 Å². The Balaban J connectivity index is 2.27. The third-order valence-corrected chi connectivity index (χ3v) is 3.58. The van der Waals surface area contributed by atoms with E-state index in [-0.39, 0.29) is 17.6 Å². The third kappa shape index (κ3) is 3.39. The van der Waals surface area contributed by atoms with E-state index in [4.69, 9.17) is 11.6 Å². The number of halogens is 3. The molecule has 0 radical (unpaired) electrons. The van der Waals surface area contributed by atoms with Crippen LogP contribution in [-0.4, -0.2) is 5.11 Å². The summed E-state index contributed by atoms with van der Waals surface area (Å²) in [5.41, 5.74) is 1.20. The van der Waals surface area contributed by atoms with Crippen LogP contribution < -0.4 is 5.32 Å². The van der Waals surface area contributed by atoms with Gasteiger partial charge in [-0.05, 0) is 43.3 Å². The first kappa shape index (κ1) is 14.2. The molecule has 100 valence electrons. The van der Waals surface area contributed by atoms with Crippen molar-refractivity contribution in [1.29, 1.82) is 0 Å². The molecular formula is C14H12BrClFNO. The molecule has 5 heteroatoms. The highest BCUT2D eigenvalue weighted by Gasteiger charge is 2.13. The van der Waals surface area contributed by atoms with E-state index in [2.05, 4.69) is 21.2 Å². The van der Waals surface area contributed by atoms with Crippen LogP contribution in [0.5, 0.6) is 5.75 Å². The maximum absolute atomic E-state index is 13.2. The lowest BCUT2D eigenvalue weighted by molar-refractivity contribution is 0.462. The molecule has 1 unspecified atom stereocenters. The Morgan fingerprint density at radius 3 is 2.74 bits per heavy atom. The Hall–Kier alpha value is -1.26. The van der Waals surface area contributed by atoms with E-state index < -0.39 is 0 Å². The first-order valence-electron chi connectivity index (χ1n) is 5.67. The van der Waals surface area contributed by atoms with Gasteiger partial charge in [0, 0.05) is 10.0 Å². The van der Waals surface area contributed by atoms with Crippen molar-refractivity contribution in [3.8, 4) is 5.75 Å². The quantitative estimate of drug-likeness (QED) is 0.810. The summed E-state index contributed by atoms with van der Waals surface area (Å²) in [7, 11) is 0. The predicted octanol–water partition coefficient (Wildman–Crippen LogP) is 5.12. The van der Waals surface area contributed by atoms with Crippen molar-refractivity contribution < 1.29 is 9.50 Å². The van der Waals surface area contributed by atoms with E-state index in [1.807, 2.05) is 19.1 Å². The van der Waals surface area contributed by atoms with Gasteiger partial charge in [-0.1, -0.05) is 27.5 Å². The summed E-state index contributed by atoms with van der Waals surface area (Å²) in [6.45, 7) is 1.83. The molecule has 0 heterocycles. The minimum atomic E-state index is -0.387. The van der Waals surface area contributed by atoms with Gasteiger partial charge >= 0.3 is 0 Å². The number of hydrogen-bond donors (Lipinski definition) is 2. The van der Waals surface area contributed by atoms with Crippen molar-refractivity contribution in [2.24, 2.45) is 0 Å². The second-order valence-electron chi connectivity index (χ2n) is 4.19. The summed E-state index contributed by atoms with van der Waals surface area (Å²) in [5, 5.41) is 13.5. The van der Waals surface area contributed by atoms with Crippen molar-refractivity contribution >= 4 is 33.2 Å². The zero-order valence-electron chi connectivity index (χ0n) is 10.1. The second kappa shape index (κ2) is 5.80. The lowest BCUT2D eigenvalue weighted by atomic mass is 10.1. The Labute approximate surface area is 124 Å². The number of hydrogen-bond acceptors (Lipinski definition) is 2. The summed E-state index contributed by atoms with van der Waals surface area (Å²) in [5.74, 6) is -0.339. The monoisotopic (exact) mass is 343 g/mol. The Morgan fingerprint density at radius 2 is 2.00 bits per heavy atom. The molecule has 0 saturated carbocycles. The molecule has 2 aromatic carbocycles. The third-order valence-electron chi connectivity index (χ3n) is 2.76. The summed E-state index contributed by atoms with van der Waals surface area (Å²) in [6, 6.07) is 9.00. The van der Waals surface area contributed by atoms with Crippen LogP contribution >= 0.6 is 27.5 Å². The lowest BCUT2D eigenvalue weighted by Crippen LogP contribution is -2.07. The van der Waals surface area contributed by atoms with Crippen molar-refractivity contribution in [2.45, 2.75) is 13.0 Å². The number of phenols is 1. The number of anilines is 1. The van der Waals surface area contributed by atoms with Crippen LogP contribution in [-0.2, 0) is 0 Å². The van der Waals surface area contributed by atoms with E-state index >= 15 is 0 Å². The van der Waals surface area contributed by atoms with Crippen molar-refractivity contribution in [1.82, 2.24) is 0 Å². The van der Waals surface area contributed by atoms with Crippen LogP contribution in [0.1, 0.15) is 18.5 Å². The molecule has 2 N–H and O–H groups in total. The molecule has 0 fully saturated rings. The molecule has 0 aromatic heterocycles. The van der Waals surface area contributed by atoms with Crippen LogP contribution in [0.15, 0.2) is 40.9 Å². The van der Waals surface area contributed by atoms with Gasteiger partial charge in [0.25, 0.3) is 0 Å². The van der Waals surface area contributed by atoms with Gasteiger partial charge in [0.15, 0.2) is 0 Å². The first-order valence-corrected chi connectivity index (χ1v) is 6.84. The molecule has 0 bridgehead atoms. The average Bonchev–Trinajstić information content (AvgIpc) is 2.36. The highest BCUT2D eigenvalue weighted by Crippen LogP contribution is 2.32. The minimum Gasteiger partial charge on any atom is -0.508 e. The van der Waals surface area contributed by atoms with Crippen molar-refractivity contribution in [3.63, 3.8) is 0 Å². The Kier molecular flexibility index (Phi) is 4.32. The van der Waals surface area contributed by atoms with Crippen LogP contribution in [0.4, 0.5) is 10.1 Å². The standard InChI is InChI=1S/C14H12BrClFNO/c1-8(11-7-10(17)3-5-14(11)19)18-13-6-9(15)2-4-12(13)16/h2-8,18-19H,1H3. The number of aromatic hydroxyl groups is 1. The highest BCUT2D eigenvalue weighted by molar-refractivity contribution is 9.10. The fraction of sp³-hybridized carbons (Fsp3) is 0.143. The molecule has 0 aliphatic rings. The van der Waals surface area contributed by atoms with Gasteiger partial charge in [-0.15, -0.1) is 0 Å². The zero-order chi connectivity index (χ0) is 14.0. The predicted molar refractivity (Wildman–Crippen MR) is 79.3 cm³/mol. The van der Waals surface area contributed by atoms with Gasteiger partial charge in [0.2, 0.25) is 0 Å². The smallest absolute Gasteiger partial charge is 0.123 e. The molecule has 0 spiro atoms. The fourth-order valence-corrected chi connectivity index (χ4v) is 2.32. The number of nitrogens with one attached hydrogen (secondary N) is 1. The van der Waals surface area contributed by atoms with Crippen LogP contribution in [0.2, 0.25) is 5.02 Å². The van der Waals surface area contributed by atoms with Crippen LogP contribution in [0.3, 0.4) is 0 Å². The maximum Gasteiger partial charge on any atom is 0.123 e. The van der Waals surface area contributed by atoms with Gasteiger partial charge in [-0.3, -0.25) is 0 Å². The minimum absolute atomic E-state index is 0.0486. The van der Waals surface area contributed by atoms with Crippen molar-refractivity contribution in [3.05, 3.63) is 57.3 Å². The molecule has 2 rings (SSSR count). The van der Waals surface area contributed by atoms with Crippen LogP contribution in [0, 0.1) is 5.82 Å². The largest absolute Gasteiger partial charge is 0.508 e. The second-order valence-corrected chi connectivity index (χ2v) is 5.52. The molecular weight excluding hydrogens is 333 g/mol. The normalized spacial score (nSPS) is 12.2. The van der Waals surface area contributed by atoms with Crippen molar-refractivity contribution in [2.75, 3.05) is 5.32 Å². The van der Waals surface area contributed by atoms with E-state index in [1.165, 1.54) is 18.2 Å². The molecule has 0 amide bonds. The molecule has 1 atom stereocenters. The number of rotatable bonds is 3. The van der Waals surface area contributed by atoms with E-state index in [0.29, 0.717) is 16.3 Å². The molecule has 0 saturated heterocycles. The highest BCUT2D eigenvalue weighted by atomic mass is 79.9. The Bertz CT molecular complexity index is 606. The number of phenolic OH excluding ortho intramolecular Hbond substituents is 1. The molecule has 2 nitrogen and oxygen atoms in total. The molecule has 2 aromatic rings. The van der Waals surface area contributed by atoms with Gasteiger partial charge < -0.3 is 10.4 Å². The number of benzene rings is 2. The summed E-state index contributed by atoms with van der Waals surface area (Å²) in [6.07, 6.45) is 0. The maximum atomic E-state index is 13.2. The van der Waals surface area contributed by atoms with E-state index in [0.717, 1.165) is 4.47 Å². The van der Waals surface area contributed by atoms with Gasteiger partial charge in [0.1, 0.15) is 11.6 Å². The topological polar surface area (TPSA) is 32.3 Å². The molecule has 0 aliphatic heterocycles. The summed E-state index contributed by atoms with van der Waals surface area (Å²) in [4.78, 5) is 0. The molecule has 19 heavy (non-hydrogen) atoms. The summed E-state index contributed by atoms with van der Waals surface area (Å²) >= 11 is 9.44.